The van der Waals surface area contributed by atoms with Crippen molar-refractivity contribution in [3.8, 4) is 0 Å². The number of rotatable bonds is 3. The normalized spacial score (nSPS) is 22.6. The SMILES string of the molecule is OC1c2ccccc2CC1CCc1ccsc1. The van der Waals surface area contributed by atoms with Gasteiger partial charge in [-0.2, -0.15) is 11.3 Å². The molecule has 1 aliphatic rings. The summed E-state index contributed by atoms with van der Waals surface area (Å²) < 4.78 is 0. The molecule has 0 spiro atoms. The van der Waals surface area contributed by atoms with Gasteiger partial charge in [0.25, 0.3) is 0 Å². The summed E-state index contributed by atoms with van der Waals surface area (Å²) >= 11 is 1.75. The van der Waals surface area contributed by atoms with E-state index in [1.54, 1.807) is 11.3 Å². The maximum Gasteiger partial charge on any atom is 0.0824 e. The average Bonchev–Trinajstić information content (AvgIpc) is 2.96. The predicted molar refractivity (Wildman–Crippen MR) is 71.2 cm³/mol. The van der Waals surface area contributed by atoms with E-state index in [9.17, 15) is 5.11 Å². The molecule has 1 aliphatic carbocycles. The van der Waals surface area contributed by atoms with E-state index in [4.69, 9.17) is 0 Å². The van der Waals surface area contributed by atoms with Crippen LogP contribution in [0.3, 0.4) is 0 Å². The molecule has 1 nitrogen and oxygen atoms in total. The number of benzene rings is 1. The Morgan fingerprint density at radius 1 is 1.24 bits per heavy atom. The van der Waals surface area contributed by atoms with Gasteiger partial charge >= 0.3 is 0 Å². The van der Waals surface area contributed by atoms with E-state index >= 15 is 0 Å². The van der Waals surface area contributed by atoms with E-state index in [2.05, 4.69) is 35.0 Å². The fraction of sp³-hybridized carbons (Fsp3) is 0.333. The Balaban J connectivity index is 1.68. The van der Waals surface area contributed by atoms with E-state index < -0.39 is 0 Å². The number of hydrogen-bond donors (Lipinski definition) is 1. The third kappa shape index (κ3) is 2.15. The van der Waals surface area contributed by atoms with Crippen LogP contribution >= 0.6 is 11.3 Å². The van der Waals surface area contributed by atoms with Gasteiger partial charge in [-0.05, 0) is 58.7 Å². The number of hydrogen-bond acceptors (Lipinski definition) is 2. The molecule has 0 saturated carbocycles. The first kappa shape index (κ1) is 11.0. The molecule has 17 heavy (non-hydrogen) atoms. The Labute approximate surface area is 106 Å². The first-order valence-corrected chi connectivity index (χ1v) is 7.06. The molecule has 0 saturated heterocycles. The van der Waals surface area contributed by atoms with E-state index in [1.807, 2.05) is 6.07 Å². The summed E-state index contributed by atoms with van der Waals surface area (Å²) in [6, 6.07) is 10.5. The molecule has 1 aromatic heterocycles. The minimum atomic E-state index is -0.259. The van der Waals surface area contributed by atoms with Gasteiger partial charge in [0.15, 0.2) is 0 Å². The lowest BCUT2D eigenvalue weighted by molar-refractivity contribution is 0.118. The zero-order valence-corrected chi connectivity index (χ0v) is 10.5. The van der Waals surface area contributed by atoms with Crippen LogP contribution in [0.25, 0.3) is 0 Å². The van der Waals surface area contributed by atoms with Crippen LogP contribution in [0.15, 0.2) is 41.1 Å². The van der Waals surface area contributed by atoms with Crippen molar-refractivity contribution >= 4 is 11.3 Å². The predicted octanol–water partition coefficient (Wildman–Crippen LogP) is 3.59. The molecule has 0 fully saturated rings. The fourth-order valence-electron chi connectivity index (χ4n) is 2.70. The van der Waals surface area contributed by atoms with E-state index in [0.29, 0.717) is 5.92 Å². The number of aliphatic hydroxyl groups is 1. The third-order valence-electron chi connectivity index (χ3n) is 3.69. The Morgan fingerprint density at radius 2 is 2.12 bits per heavy atom. The molecule has 0 amide bonds. The standard InChI is InChI=1S/C15H16OS/c16-15-13(6-5-11-7-8-17-10-11)9-12-3-1-2-4-14(12)15/h1-4,7-8,10,13,15-16H,5-6,9H2. The second-order valence-corrected chi connectivity index (χ2v) is 5.56. The van der Waals surface area contributed by atoms with Gasteiger partial charge in [0, 0.05) is 0 Å². The molecule has 2 aromatic rings. The molecule has 0 aliphatic heterocycles. The van der Waals surface area contributed by atoms with Crippen molar-refractivity contribution in [1.29, 1.82) is 0 Å². The molecule has 1 aromatic carbocycles. The Hall–Kier alpha value is -1.12. The highest BCUT2D eigenvalue weighted by atomic mass is 32.1. The molecule has 0 radical (unpaired) electrons. The molecule has 2 atom stereocenters. The topological polar surface area (TPSA) is 20.2 Å². The number of fused-ring (bicyclic) bond motifs is 1. The lowest BCUT2D eigenvalue weighted by Gasteiger charge is -2.14. The van der Waals surface area contributed by atoms with Gasteiger partial charge < -0.3 is 5.11 Å². The van der Waals surface area contributed by atoms with Crippen LogP contribution in [-0.4, -0.2) is 5.11 Å². The third-order valence-corrected chi connectivity index (χ3v) is 4.42. The van der Waals surface area contributed by atoms with Crippen LogP contribution in [0.5, 0.6) is 0 Å². The van der Waals surface area contributed by atoms with Crippen molar-refractivity contribution < 1.29 is 5.11 Å². The molecule has 0 bridgehead atoms. The van der Waals surface area contributed by atoms with Crippen LogP contribution in [0, 0.1) is 5.92 Å². The first-order chi connectivity index (χ1) is 8.34. The summed E-state index contributed by atoms with van der Waals surface area (Å²) in [5, 5.41) is 14.6. The zero-order valence-electron chi connectivity index (χ0n) is 9.67. The zero-order chi connectivity index (χ0) is 11.7. The molecule has 1 N–H and O–H groups in total. The van der Waals surface area contributed by atoms with Gasteiger partial charge in [-0.1, -0.05) is 24.3 Å². The van der Waals surface area contributed by atoms with Crippen molar-refractivity contribution in [2.24, 2.45) is 5.92 Å². The monoisotopic (exact) mass is 244 g/mol. The van der Waals surface area contributed by atoms with Crippen molar-refractivity contribution in [3.63, 3.8) is 0 Å². The molecular weight excluding hydrogens is 228 g/mol. The molecular formula is C15H16OS. The van der Waals surface area contributed by atoms with Crippen LogP contribution < -0.4 is 0 Å². The molecule has 3 rings (SSSR count). The van der Waals surface area contributed by atoms with E-state index in [0.717, 1.165) is 24.8 Å². The lowest BCUT2D eigenvalue weighted by atomic mass is 9.96. The summed E-state index contributed by atoms with van der Waals surface area (Å²) in [6.07, 6.45) is 2.93. The van der Waals surface area contributed by atoms with E-state index in [1.165, 1.54) is 11.1 Å². The second-order valence-electron chi connectivity index (χ2n) is 4.78. The van der Waals surface area contributed by atoms with Gasteiger partial charge in [-0.15, -0.1) is 0 Å². The van der Waals surface area contributed by atoms with Crippen molar-refractivity contribution in [2.45, 2.75) is 25.4 Å². The lowest BCUT2D eigenvalue weighted by Crippen LogP contribution is -2.08. The second kappa shape index (κ2) is 4.63. The maximum atomic E-state index is 10.3. The van der Waals surface area contributed by atoms with Gasteiger partial charge in [0.2, 0.25) is 0 Å². The van der Waals surface area contributed by atoms with Crippen molar-refractivity contribution in [2.75, 3.05) is 0 Å². The highest BCUT2D eigenvalue weighted by Crippen LogP contribution is 2.38. The molecule has 2 unspecified atom stereocenters. The Bertz CT molecular complexity index is 489. The van der Waals surface area contributed by atoms with Crippen LogP contribution in [-0.2, 0) is 12.8 Å². The van der Waals surface area contributed by atoms with Crippen molar-refractivity contribution in [3.05, 3.63) is 57.8 Å². The Kier molecular flexibility index (Phi) is 3.00. The maximum absolute atomic E-state index is 10.3. The van der Waals surface area contributed by atoms with E-state index in [-0.39, 0.29) is 6.10 Å². The van der Waals surface area contributed by atoms with Crippen molar-refractivity contribution in [1.82, 2.24) is 0 Å². The van der Waals surface area contributed by atoms with Gasteiger partial charge in [0.05, 0.1) is 6.10 Å². The number of aliphatic hydroxyl groups excluding tert-OH is 1. The highest BCUT2D eigenvalue weighted by molar-refractivity contribution is 7.07. The highest BCUT2D eigenvalue weighted by Gasteiger charge is 2.29. The molecule has 88 valence electrons. The minimum Gasteiger partial charge on any atom is -0.388 e. The first-order valence-electron chi connectivity index (χ1n) is 6.11. The summed E-state index contributed by atoms with van der Waals surface area (Å²) in [6.45, 7) is 0. The summed E-state index contributed by atoms with van der Waals surface area (Å²) in [5.74, 6) is 0.396. The number of thiophene rings is 1. The fourth-order valence-corrected chi connectivity index (χ4v) is 3.41. The smallest absolute Gasteiger partial charge is 0.0824 e. The van der Waals surface area contributed by atoms with Gasteiger partial charge in [-0.25, -0.2) is 0 Å². The Morgan fingerprint density at radius 3 is 2.88 bits per heavy atom. The number of aryl methyl sites for hydroxylation is 1. The largest absolute Gasteiger partial charge is 0.388 e. The summed E-state index contributed by atoms with van der Waals surface area (Å²) in [7, 11) is 0. The van der Waals surface area contributed by atoms with Crippen LogP contribution in [0.4, 0.5) is 0 Å². The summed E-state index contributed by atoms with van der Waals surface area (Å²) in [5.41, 5.74) is 3.87. The van der Waals surface area contributed by atoms with Gasteiger partial charge in [-0.3, -0.25) is 0 Å². The molecule has 2 heteroatoms. The van der Waals surface area contributed by atoms with Crippen LogP contribution in [0.2, 0.25) is 0 Å². The van der Waals surface area contributed by atoms with Gasteiger partial charge in [0.1, 0.15) is 0 Å². The van der Waals surface area contributed by atoms with Crippen LogP contribution in [0.1, 0.15) is 29.2 Å². The minimum absolute atomic E-state index is 0.259. The molecule has 1 heterocycles. The summed E-state index contributed by atoms with van der Waals surface area (Å²) in [4.78, 5) is 0. The quantitative estimate of drug-likeness (QED) is 0.875. The average molecular weight is 244 g/mol.